The van der Waals surface area contributed by atoms with Crippen molar-refractivity contribution < 1.29 is 9.84 Å². The van der Waals surface area contributed by atoms with Gasteiger partial charge in [-0.05, 0) is 37.5 Å². The first-order valence-electron chi connectivity index (χ1n) is 5.73. The first-order valence-corrected chi connectivity index (χ1v) is 6.11. The van der Waals surface area contributed by atoms with Crippen molar-refractivity contribution in [1.82, 2.24) is 0 Å². The van der Waals surface area contributed by atoms with Crippen LogP contribution in [0.4, 0.5) is 0 Å². The molecule has 1 aromatic rings. The fraction of sp³-hybridized carbons (Fsp3) is 0.538. The molecule has 0 amide bonds. The summed E-state index contributed by atoms with van der Waals surface area (Å²) in [5.74, 6) is 0.794. The summed E-state index contributed by atoms with van der Waals surface area (Å²) in [6.45, 7) is 4.01. The Bertz CT molecular complexity index is 326. The maximum absolute atomic E-state index is 8.97. The molecular formula is C13H19ClO2. The number of ether oxygens (including phenoxy) is 1. The van der Waals surface area contributed by atoms with Crippen molar-refractivity contribution in [3.05, 3.63) is 28.8 Å². The molecule has 1 aromatic carbocycles. The van der Waals surface area contributed by atoms with Crippen molar-refractivity contribution in [2.24, 2.45) is 0 Å². The second kappa shape index (κ2) is 6.77. The first-order chi connectivity index (χ1) is 7.67. The summed E-state index contributed by atoms with van der Waals surface area (Å²) >= 11 is 5.94. The lowest BCUT2D eigenvalue weighted by molar-refractivity contribution is 0.128. The maximum atomic E-state index is 8.97. The normalized spacial score (nSPS) is 12.5. The molecule has 1 atom stereocenters. The molecule has 0 heterocycles. The zero-order valence-electron chi connectivity index (χ0n) is 9.87. The van der Waals surface area contributed by atoms with Gasteiger partial charge in [-0.2, -0.15) is 0 Å². The first kappa shape index (κ1) is 13.3. The van der Waals surface area contributed by atoms with E-state index < -0.39 is 0 Å². The molecule has 0 radical (unpaired) electrons. The molecule has 90 valence electrons. The van der Waals surface area contributed by atoms with Crippen LogP contribution < -0.4 is 4.74 Å². The third-order valence-electron chi connectivity index (χ3n) is 2.41. The van der Waals surface area contributed by atoms with Crippen molar-refractivity contribution in [3.8, 4) is 5.75 Å². The third-order valence-corrected chi connectivity index (χ3v) is 2.65. The summed E-state index contributed by atoms with van der Waals surface area (Å²) in [5.41, 5.74) is 1.16. The van der Waals surface area contributed by atoms with E-state index in [4.69, 9.17) is 21.4 Å². The van der Waals surface area contributed by atoms with E-state index in [1.165, 1.54) is 0 Å². The van der Waals surface area contributed by atoms with Gasteiger partial charge in [-0.25, -0.2) is 0 Å². The van der Waals surface area contributed by atoms with Crippen LogP contribution in [0.1, 0.15) is 32.3 Å². The van der Waals surface area contributed by atoms with Gasteiger partial charge in [0.1, 0.15) is 11.9 Å². The SMILES string of the molecule is CCCCc1ccc(Cl)cc1OC(C)CO. The highest BCUT2D eigenvalue weighted by Crippen LogP contribution is 2.25. The summed E-state index contributed by atoms with van der Waals surface area (Å²) in [4.78, 5) is 0. The molecule has 0 aromatic heterocycles. The van der Waals surface area contributed by atoms with Crippen LogP contribution in [0.25, 0.3) is 0 Å². The molecule has 1 N–H and O–H groups in total. The zero-order chi connectivity index (χ0) is 12.0. The maximum Gasteiger partial charge on any atom is 0.124 e. The Hall–Kier alpha value is -0.730. The van der Waals surface area contributed by atoms with Gasteiger partial charge in [0.2, 0.25) is 0 Å². The van der Waals surface area contributed by atoms with Gasteiger partial charge in [-0.15, -0.1) is 0 Å². The van der Waals surface area contributed by atoms with E-state index in [2.05, 4.69) is 6.92 Å². The lowest BCUT2D eigenvalue weighted by Crippen LogP contribution is -2.17. The van der Waals surface area contributed by atoms with E-state index in [1.807, 2.05) is 25.1 Å². The van der Waals surface area contributed by atoms with E-state index in [0.29, 0.717) is 5.02 Å². The number of aryl methyl sites for hydroxylation is 1. The van der Waals surface area contributed by atoms with Crippen LogP contribution in [0.2, 0.25) is 5.02 Å². The minimum Gasteiger partial charge on any atom is -0.488 e. The highest BCUT2D eigenvalue weighted by atomic mass is 35.5. The average Bonchev–Trinajstić information content (AvgIpc) is 2.28. The molecule has 0 bridgehead atoms. The molecular weight excluding hydrogens is 224 g/mol. The van der Waals surface area contributed by atoms with Gasteiger partial charge in [0.25, 0.3) is 0 Å². The van der Waals surface area contributed by atoms with E-state index in [1.54, 1.807) is 0 Å². The monoisotopic (exact) mass is 242 g/mol. The van der Waals surface area contributed by atoms with Crippen LogP contribution in [0, 0.1) is 0 Å². The van der Waals surface area contributed by atoms with E-state index in [-0.39, 0.29) is 12.7 Å². The molecule has 0 aliphatic heterocycles. The second-order valence-electron chi connectivity index (χ2n) is 3.97. The number of unbranched alkanes of at least 4 members (excludes halogenated alkanes) is 1. The van der Waals surface area contributed by atoms with E-state index >= 15 is 0 Å². The third kappa shape index (κ3) is 4.03. The molecule has 0 aliphatic rings. The molecule has 0 saturated heterocycles. The standard InChI is InChI=1S/C13H19ClO2/c1-3-4-5-11-6-7-12(14)8-13(11)16-10(2)9-15/h6-8,10,15H,3-5,9H2,1-2H3. The predicted molar refractivity (Wildman–Crippen MR) is 67.2 cm³/mol. The molecule has 0 spiro atoms. The Morgan fingerprint density at radius 1 is 1.44 bits per heavy atom. The average molecular weight is 243 g/mol. The Kier molecular flexibility index (Phi) is 5.64. The van der Waals surface area contributed by atoms with Crippen LogP contribution >= 0.6 is 11.6 Å². The number of aliphatic hydroxyl groups excluding tert-OH is 1. The van der Waals surface area contributed by atoms with Crippen LogP contribution in [-0.2, 0) is 6.42 Å². The van der Waals surface area contributed by atoms with Crippen molar-refractivity contribution in [2.45, 2.75) is 39.2 Å². The van der Waals surface area contributed by atoms with Gasteiger partial charge in [-0.1, -0.05) is 31.0 Å². The number of hydrogen-bond acceptors (Lipinski definition) is 2. The molecule has 1 unspecified atom stereocenters. The van der Waals surface area contributed by atoms with Gasteiger partial charge >= 0.3 is 0 Å². The lowest BCUT2D eigenvalue weighted by atomic mass is 10.1. The topological polar surface area (TPSA) is 29.5 Å². The minimum atomic E-state index is -0.196. The summed E-state index contributed by atoms with van der Waals surface area (Å²) < 4.78 is 5.64. The smallest absolute Gasteiger partial charge is 0.124 e. The molecule has 0 saturated carbocycles. The predicted octanol–water partition coefficient (Wildman–Crippen LogP) is 3.44. The van der Waals surface area contributed by atoms with Gasteiger partial charge in [0.15, 0.2) is 0 Å². The van der Waals surface area contributed by atoms with Crippen LogP contribution in [0.3, 0.4) is 0 Å². The van der Waals surface area contributed by atoms with Crippen LogP contribution in [0.15, 0.2) is 18.2 Å². The molecule has 3 heteroatoms. The number of rotatable bonds is 6. The van der Waals surface area contributed by atoms with Crippen LogP contribution in [-0.4, -0.2) is 17.8 Å². The van der Waals surface area contributed by atoms with Crippen molar-refractivity contribution >= 4 is 11.6 Å². The number of aliphatic hydroxyl groups is 1. The fourth-order valence-electron chi connectivity index (χ4n) is 1.47. The molecule has 2 nitrogen and oxygen atoms in total. The zero-order valence-corrected chi connectivity index (χ0v) is 10.6. The molecule has 0 aliphatic carbocycles. The van der Waals surface area contributed by atoms with Gasteiger partial charge in [0.05, 0.1) is 6.61 Å². The van der Waals surface area contributed by atoms with Gasteiger partial charge in [-0.3, -0.25) is 0 Å². The van der Waals surface area contributed by atoms with Crippen molar-refractivity contribution in [1.29, 1.82) is 0 Å². The Morgan fingerprint density at radius 3 is 2.81 bits per heavy atom. The Labute approximate surface area is 102 Å². The molecule has 16 heavy (non-hydrogen) atoms. The number of halogens is 1. The highest BCUT2D eigenvalue weighted by Gasteiger charge is 2.08. The Morgan fingerprint density at radius 2 is 2.19 bits per heavy atom. The molecule has 0 fully saturated rings. The van der Waals surface area contributed by atoms with Crippen molar-refractivity contribution in [3.63, 3.8) is 0 Å². The largest absolute Gasteiger partial charge is 0.488 e. The fourth-order valence-corrected chi connectivity index (χ4v) is 1.63. The summed E-state index contributed by atoms with van der Waals surface area (Å²) in [6, 6.07) is 5.69. The highest BCUT2D eigenvalue weighted by molar-refractivity contribution is 6.30. The summed E-state index contributed by atoms with van der Waals surface area (Å²) in [6.07, 6.45) is 3.07. The molecule has 1 rings (SSSR count). The number of benzene rings is 1. The number of hydrogen-bond donors (Lipinski definition) is 1. The second-order valence-corrected chi connectivity index (χ2v) is 4.40. The van der Waals surface area contributed by atoms with Gasteiger partial charge < -0.3 is 9.84 Å². The van der Waals surface area contributed by atoms with Gasteiger partial charge in [0, 0.05) is 5.02 Å². The lowest BCUT2D eigenvalue weighted by Gasteiger charge is -2.16. The summed E-state index contributed by atoms with van der Waals surface area (Å²) in [7, 11) is 0. The van der Waals surface area contributed by atoms with E-state index in [9.17, 15) is 0 Å². The quantitative estimate of drug-likeness (QED) is 0.828. The van der Waals surface area contributed by atoms with E-state index in [0.717, 1.165) is 30.6 Å². The minimum absolute atomic E-state index is 0.0136. The summed E-state index contributed by atoms with van der Waals surface area (Å²) in [5, 5.41) is 9.64. The Balaban J connectivity index is 2.80. The van der Waals surface area contributed by atoms with Crippen LogP contribution in [0.5, 0.6) is 5.75 Å². The van der Waals surface area contributed by atoms with Crippen molar-refractivity contribution in [2.75, 3.05) is 6.61 Å².